The minimum absolute atomic E-state index is 0.123. The van der Waals surface area contributed by atoms with Gasteiger partial charge in [-0.25, -0.2) is 0 Å². The molecule has 2 saturated heterocycles. The zero-order valence-corrected chi connectivity index (χ0v) is 20.1. The third-order valence-corrected chi connectivity index (χ3v) is 7.59. The molecule has 33 heavy (non-hydrogen) atoms. The minimum atomic E-state index is -0.123. The number of aryl methyl sites for hydroxylation is 1. The number of aromatic nitrogens is 1. The minimum Gasteiger partial charge on any atom is -0.467 e. The Morgan fingerprint density at radius 3 is 2.76 bits per heavy atom. The molecule has 1 aromatic carbocycles. The second-order valence-electron chi connectivity index (χ2n) is 8.31. The number of thioether (sulfide) groups is 1. The number of nitrogens with zero attached hydrogens (tertiary/aromatic N) is 3. The van der Waals surface area contributed by atoms with Gasteiger partial charge in [-0.3, -0.25) is 14.5 Å². The summed E-state index contributed by atoms with van der Waals surface area (Å²) in [5, 5.41) is 1.04. The molecule has 5 rings (SSSR count). The number of carbonyl (C=O) groups excluding carboxylic acids is 2. The van der Waals surface area contributed by atoms with Gasteiger partial charge in [0.2, 0.25) is 5.91 Å². The summed E-state index contributed by atoms with van der Waals surface area (Å²) in [6.07, 6.45) is 8.50. The van der Waals surface area contributed by atoms with Gasteiger partial charge in [-0.15, -0.1) is 0 Å². The quantitative estimate of drug-likeness (QED) is 0.375. The molecule has 6 nitrogen and oxygen atoms in total. The number of benzene rings is 1. The second kappa shape index (κ2) is 9.19. The number of hydrogen-bond donors (Lipinski definition) is 0. The molecular weight excluding hydrogens is 454 g/mol. The predicted octanol–water partition coefficient (Wildman–Crippen LogP) is 4.82. The van der Waals surface area contributed by atoms with Gasteiger partial charge in [0.25, 0.3) is 5.91 Å². The predicted molar refractivity (Wildman–Crippen MR) is 135 cm³/mol. The first-order valence-electron chi connectivity index (χ1n) is 11.2. The highest BCUT2D eigenvalue weighted by Gasteiger charge is 2.33. The van der Waals surface area contributed by atoms with E-state index in [4.69, 9.17) is 16.6 Å². The van der Waals surface area contributed by atoms with Gasteiger partial charge in [-0.05, 0) is 43.0 Å². The van der Waals surface area contributed by atoms with Crippen molar-refractivity contribution in [1.29, 1.82) is 0 Å². The Balaban J connectivity index is 1.49. The van der Waals surface area contributed by atoms with Gasteiger partial charge in [0.1, 0.15) is 16.6 Å². The van der Waals surface area contributed by atoms with E-state index in [-0.39, 0.29) is 11.8 Å². The summed E-state index contributed by atoms with van der Waals surface area (Å²) in [7, 11) is 0. The van der Waals surface area contributed by atoms with E-state index in [1.54, 1.807) is 17.2 Å². The van der Waals surface area contributed by atoms with Crippen LogP contribution in [0.4, 0.5) is 0 Å². The second-order valence-corrected chi connectivity index (χ2v) is 9.99. The molecule has 0 N–H and O–H groups in total. The lowest BCUT2D eigenvalue weighted by atomic mass is 10.1. The Hall–Kier alpha value is -2.84. The number of fused-ring (bicyclic) bond motifs is 1. The Labute approximate surface area is 202 Å². The number of carbonyl (C=O) groups is 2. The van der Waals surface area contributed by atoms with Crippen molar-refractivity contribution in [1.82, 2.24) is 14.4 Å². The zero-order valence-electron chi connectivity index (χ0n) is 18.5. The number of furan rings is 1. The van der Waals surface area contributed by atoms with Crippen LogP contribution >= 0.6 is 24.0 Å². The fraction of sp³-hybridized carbons (Fsp3) is 0.320. The summed E-state index contributed by atoms with van der Waals surface area (Å²) < 4.78 is 7.95. The highest BCUT2D eigenvalue weighted by molar-refractivity contribution is 8.26. The molecule has 170 valence electrons. The largest absolute Gasteiger partial charge is 0.467 e. The van der Waals surface area contributed by atoms with E-state index in [0.717, 1.165) is 48.8 Å². The van der Waals surface area contributed by atoms with E-state index >= 15 is 0 Å². The number of thiocarbonyl (C=S) groups is 1. The standard InChI is InChI=1S/C25H25N3O3S2/c1-2-17-7-5-9-20-18(14-27(23(17)20)16-22(29)26-10-3-4-11-26)13-21-24(30)28(25(32)33-21)15-19-8-6-12-31-19/h5-9,12-14H,2-4,10-11,15-16H2,1H3/b21-13-. The summed E-state index contributed by atoms with van der Waals surface area (Å²) in [6, 6.07) is 9.83. The summed E-state index contributed by atoms with van der Waals surface area (Å²) in [5.41, 5.74) is 3.17. The summed E-state index contributed by atoms with van der Waals surface area (Å²) in [5.74, 6) is 0.714. The van der Waals surface area contributed by atoms with Gasteiger partial charge in [-0.2, -0.15) is 0 Å². The Morgan fingerprint density at radius 1 is 1.21 bits per heavy atom. The molecular formula is C25H25N3O3S2. The Bertz CT molecular complexity index is 1250. The lowest BCUT2D eigenvalue weighted by Crippen LogP contribution is -2.30. The van der Waals surface area contributed by atoms with Crippen LogP contribution in [0.25, 0.3) is 17.0 Å². The van der Waals surface area contributed by atoms with Crippen molar-refractivity contribution < 1.29 is 14.0 Å². The molecule has 2 aliphatic heterocycles. The van der Waals surface area contributed by atoms with Crippen LogP contribution in [-0.2, 0) is 29.1 Å². The van der Waals surface area contributed by atoms with Gasteiger partial charge < -0.3 is 13.9 Å². The SMILES string of the molecule is CCc1cccc2c(/C=C3\SC(=S)N(Cc4ccco4)C3=O)cn(CC(=O)N3CCCC3)c12. The summed E-state index contributed by atoms with van der Waals surface area (Å²) in [4.78, 5) is 30.1. The van der Waals surface area contributed by atoms with Crippen molar-refractivity contribution in [3.63, 3.8) is 0 Å². The Morgan fingerprint density at radius 2 is 2.03 bits per heavy atom. The van der Waals surface area contributed by atoms with Crippen LogP contribution in [0.5, 0.6) is 0 Å². The van der Waals surface area contributed by atoms with Crippen molar-refractivity contribution >= 4 is 57.1 Å². The fourth-order valence-corrected chi connectivity index (χ4v) is 5.78. The third kappa shape index (κ3) is 4.25. The molecule has 2 aliphatic rings. The van der Waals surface area contributed by atoms with Crippen molar-refractivity contribution in [2.24, 2.45) is 0 Å². The van der Waals surface area contributed by atoms with Crippen LogP contribution in [-0.4, -0.2) is 43.6 Å². The molecule has 8 heteroatoms. The average molecular weight is 480 g/mol. The van der Waals surface area contributed by atoms with Crippen LogP contribution in [0.1, 0.15) is 36.7 Å². The zero-order chi connectivity index (χ0) is 22.9. The van der Waals surface area contributed by atoms with Gasteiger partial charge in [0.05, 0.1) is 23.2 Å². The van der Waals surface area contributed by atoms with Crippen LogP contribution in [0.15, 0.2) is 52.1 Å². The van der Waals surface area contributed by atoms with Crippen molar-refractivity contribution in [2.45, 2.75) is 39.3 Å². The van der Waals surface area contributed by atoms with E-state index in [9.17, 15) is 9.59 Å². The normalized spacial score (nSPS) is 17.8. The molecule has 2 aromatic heterocycles. The first-order chi connectivity index (χ1) is 16.0. The smallest absolute Gasteiger partial charge is 0.266 e. The van der Waals surface area contributed by atoms with Crippen molar-refractivity contribution in [3.05, 3.63) is 64.6 Å². The van der Waals surface area contributed by atoms with E-state index in [1.807, 2.05) is 33.9 Å². The molecule has 0 aliphatic carbocycles. The van der Waals surface area contributed by atoms with Gasteiger partial charge in [-0.1, -0.05) is 49.1 Å². The molecule has 0 radical (unpaired) electrons. The highest BCUT2D eigenvalue weighted by Crippen LogP contribution is 2.36. The lowest BCUT2D eigenvalue weighted by Gasteiger charge is -2.16. The maximum atomic E-state index is 13.1. The van der Waals surface area contributed by atoms with Crippen LogP contribution < -0.4 is 0 Å². The molecule has 3 aromatic rings. The van der Waals surface area contributed by atoms with Gasteiger partial charge >= 0.3 is 0 Å². The molecule has 0 atom stereocenters. The van der Waals surface area contributed by atoms with Crippen molar-refractivity contribution in [3.8, 4) is 0 Å². The number of hydrogen-bond acceptors (Lipinski definition) is 5. The molecule has 2 fully saturated rings. The number of rotatable bonds is 6. The lowest BCUT2D eigenvalue weighted by molar-refractivity contribution is -0.130. The fourth-order valence-electron chi connectivity index (χ4n) is 4.54. The summed E-state index contributed by atoms with van der Waals surface area (Å²) >= 11 is 6.78. The number of para-hydroxylation sites is 1. The van der Waals surface area contributed by atoms with Crippen LogP contribution in [0.3, 0.4) is 0 Å². The monoisotopic (exact) mass is 479 g/mol. The van der Waals surface area contributed by atoms with E-state index < -0.39 is 0 Å². The van der Waals surface area contributed by atoms with E-state index in [1.165, 1.54) is 17.3 Å². The first-order valence-corrected chi connectivity index (χ1v) is 12.4. The highest BCUT2D eigenvalue weighted by atomic mass is 32.2. The van der Waals surface area contributed by atoms with E-state index in [2.05, 4.69) is 19.1 Å². The van der Waals surface area contributed by atoms with E-state index in [0.29, 0.717) is 28.1 Å². The molecule has 0 saturated carbocycles. The molecule has 0 bridgehead atoms. The summed E-state index contributed by atoms with van der Waals surface area (Å²) in [6.45, 7) is 4.42. The molecule has 0 spiro atoms. The van der Waals surface area contributed by atoms with Gasteiger partial charge in [0, 0.05) is 30.2 Å². The topological polar surface area (TPSA) is 58.7 Å². The third-order valence-electron chi connectivity index (χ3n) is 6.21. The maximum Gasteiger partial charge on any atom is 0.266 e. The van der Waals surface area contributed by atoms with Crippen LogP contribution in [0, 0.1) is 0 Å². The maximum absolute atomic E-state index is 13.1. The van der Waals surface area contributed by atoms with Gasteiger partial charge in [0.15, 0.2) is 0 Å². The number of amides is 2. The molecule has 4 heterocycles. The first kappa shape index (κ1) is 22.0. The van der Waals surface area contributed by atoms with Crippen LogP contribution in [0.2, 0.25) is 0 Å². The Kier molecular flexibility index (Phi) is 6.12. The average Bonchev–Trinajstić information content (AvgIpc) is 3.61. The van der Waals surface area contributed by atoms with Crippen molar-refractivity contribution in [2.75, 3.05) is 13.1 Å². The molecule has 0 unspecified atom stereocenters. The molecule has 2 amide bonds. The number of likely N-dealkylation sites (tertiary alicyclic amines) is 1.